The number of carbonyl (C=O) groups is 1. The summed E-state index contributed by atoms with van der Waals surface area (Å²) in [5.41, 5.74) is 5.78. The summed E-state index contributed by atoms with van der Waals surface area (Å²) >= 11 is 0. The van der Waals surface area contributed by atoms with Crippen LogP contribution in [0, 0.1) is 20.8 Å². The van der Waals surface area contributed by atoms with Crippen LogP contribution in [0.25, 0.3) is 0 Å². The number of guanidine groups is 1. The van der Waals surface area contributed by atoms with E-state index in [4.69, 9.17) is 0 Å². The summed E-state index contributed by atoms with van der Waals surface area (Å²) in [5.74, 6) is 0.200. The quantitative estimate of drug-likeness (QED) is 0.527. The molecule has 0 fully saturated rings. The number of benzene rings is 2. The topological polar surface area (TPSA) is 66.4 Å². The normalized spacial score (nSPS) is 11.2. The fourth-order valence-electron chi connectivity index (χ4n) is 2.69. The molecule has 1 heterocycles. The minimum Gasteiger partial charge on any atom is -0.326 e. The number of aryl methyl sites for hydroxylation is 3. The van der Waals surface area contributed by atoms with Crippen LogP contribution in [0.4, 0.5) is 5.69 Å². The van der Waals surface area contributed by atoms with Crippen molar-refractivity contribution in [2.45, 2.75) is 27.3 Å². The lowest BCUT2D eigenvalue weighted by Gasteiger charge is -2.13. The van der Waals surface area contributed by atoms with Gasteiger partial charge < -0.3 is 5.32 Å². The van der Waals surface area contributed by atoms with Crippen LogP contribution < -0.4 is 10.6 Å². The highest BCUT2D eigenvalue weighted by Gasteiger charge is 2.10. The Hall–Kier alpha value is -3.47. The van der Waals surface area contributed by atoms with E-state index in [1.807, 2.05) is 75.4 Å². The van der Waals surface area contributed by atoms with Gasteiger partial charge in [-0.2, -0.15) is 0 Å². The Morgan fingerprint density at radius 3 is 2.57 bits per heavy atom. The number of anilines is 1. The van der Waals surface area contributed by atoms with Crippen LogP contribution in [0.1, 0.15) is 32.6 Å². The molecular formula is C23H24N4O. The second-order valence-corrected chi connectivity index (χ2v) is 6.77. The number of carbonyl (C=O) groups excluding carboxylic acids is 1. The maximum Gasteiger partial charge on any atom is 0.257 e. The zero-order chi connectivity index (χ0) is 19.9. The summed E-state index contributed by atoms with van der Waals surface area (Å²) in [6.07, 6.45) is 3.49. The third kappa shape index (κ3) is 5.27. The van der Waals surface area contributed by atoms with Crippen LogP contribution in [0.15, 0.2) is 72.0 Å². The van der Waals surface area contributed by atoms with Crippen molar-refractivity contribution in [1.82, 2.24) is 10.3 Å². The van der Waals surface area contributed by atoms with Crippen molar-refractivity contribution in [3.05, 3.63) is 94.8 Å². The van der Waals surface area contributed by atoms with E-state index in [2.05, 4.69) is 20.6 Å². The van der Waals surface area contributed by atoms with Gasteiger partial charge in [-0.25, -0.2) is 4.99 Å². The van der Waals surface area contributed by atoms with Gasteiger partial charge >= 0.3 is 0 Å². The second kappa shape index (κ2) is 8.95. The number of hydrogen-bond donors (Lipinski definition) is 2. The van der Waals surface area contributed by atoms with Crippen LogP contribution in [0.2, 0.25) is 0 Å². The molecule has 0 atom stereocenters. The number of pyridine rings is 1. The van der Waals surface area contributed by atoms with Crippen LogP contribution in [-0.4, -0.2) is 16.9 Å². The first-order valence-electron chi connectivity index (χ1n) is 9.17. The Labute approximate surface area is 165 Å². The SMILES string of the molecule is Cc1cccc(NC(=NCc2cccnc2)NC(=O)c2ccc(C)c(C)c2)c1. The fourth-order valence-corrected chi connectivity index (χ4v) is 2.69. The molecule has 0 radical (unpaired) electrons. The van der Waals surface area contributed by atoms with Gasteiger partial charge in [-0.05, 0) is 73.4 Å². The van der Waals surface area contributed by atoms with Gasteiger partial charge in [-0.1, -0.05) is 24.3 Å². The molecule has 0 saturated carbocycles. The Morgan fingerprint density at radius 1 is 1.00 bits per heavy atom. The molecule has 1 amide bonds. The molecule has 5 nitrogen and oxygen atoms in total. The molecule has 0 bridgehead atoms. The van der Waals surface area contributed by atoms with E-state index >= 15 is 0 Å². The fraction of sp³-hybridized carbons (Fsp3) is 0.174. The van der Waals surface area contributed by atoms with E-state index in [-0.39, 0.29) is 5.91 Å². The number of nitrogens with one attached hydrogen (secondary N) is 2. The van der Waals surface area contributed by atoms with E-state index in [1.54, 1.807) is 12.4 Å². The standard InChI is InChI=1S/C23H24N4O/c1-16-6-4-8-21(12-16)26-23(25-15-19-7-5-11-24-14-19)27-22(28)20-10-9-17(2)18(3)13-20/h4-14H,15H2,1-3H3,(H2,25,26,27,28). The average molecular weight is 372 g/mol. The largest absolute Gasteiger partial charge is 0.326 e. The lowest BCUT2D eigenvalue weighted by molar-refractivity contribution is 0.0977. The molecule has 0 unspecified atom stereocenters. The minimum absolute atomic E-state index is 0.201. The van der Waals surface area contributed by atoms with Crippen LogP contribution >= 0.6 is 0 Å². The average Bonchev–Trinajstić information content (AvgIpc) is 2.69. The van der Waals surface area contributed by atoms with Crippen molar-refractivity contribution in [3.63, 3.8) is 0 Å². The summed E-state index contributed by atoms with van der Waals surface area (Å²) in [7, 11) is 0. The van der Waals surface area contributed by atoms with Crippen LogP contribution in [-0.2, 0) is 6.54 Å². The number of hydrogen-bond acceptors (Lipinski definition) is 3. The van der Waals surface area contributed by atoms with E-state index in [0.29, 0.717) is 18.1 Å². The summed E-state index contributed by atoms with van der Waals surface area (Å²) in [5, 5.41) is 6.11. The molecule has 0 saturated heterocycles. The molecule has 142 valence electrons. The van der Waals surface area contributed by atoms with Crippen LogP contribution in [0.5, 0.6) is 0 Å². The zero-order valence-corrected chi connectivity index (χ0v) is 16.4. The van der Waals surface area contributed by atoms with Crippen LogP contribution in [0.3, 0.4) is 0 Å². The molecule has 2 N–H and O–H groups in total. The van der Waals surface area contributed by atoms with Crippen molar-refractivity contribution in [3.8, 4) is 0 Å². The lowest BCUT2D eigenvalue weighted by atomic mass is 10.1. The highest BCUT2D eigenvalue weighted by Crippen LogP contribution is 2.12. The van der Waals surface area contributed by atoms with Gasteiger partial charge in [0.2, 0.25) is 5.96 Å². The predicted molar refractivity (Wildman–Crippen MR) is 114 cm³/mol. The van der Waals surface area contributed by atoms with Gasteiger partial charge in [0.15, 0.2) is 0 Å². The zero-order valence-electron chi connectivity index (χ0n) is 16.4. The van der Waals surface area contributed by atoms with Gasteiger partial charge in [-0.15, -0.1) is 0 Å². The first-order chi connectivity index (χ1) is 13.5. The smallest absolute Gasteiger partial charge is 0.257 e. The van der Waals surface area contributed by atoms with Gasteiger partial charge in [0, 0.05) is 23.6 Å². The first-order valence-corrected chi connectivity index (χ1v) is 9.17. The minimum atomic E-state index is -0.201. The molecule has 0 aliphatic rings. The predicted octanol–water partition coefficient (Wildman–Crippen LogP) is 4.40. The number of aliphatic imine (C=N–C) groups is 1. The molecule has 3 rings (SSSR count). The highest BCUT2D eigenvalue weighted by molar-refractivity contribution is 6.10. The Balaban J connectivity index is 1.82. The third-order valence-electron chi connectivity index (χ3n) is 4.42. The molecule has 1 aromatic heterocycles. The summed E-state index contributed by atoms with van der Waals surface area (Å²) < 4.78 is 0. The molecule has 5 heteroatoms. The number of amides is 1. The third-order valence-corrected chi connectivity index (χ3v) is 4.42. The molecule has 3 aromatic rings. The highest BCUT2D eigenvalue weighted by atomic mass is 16.1. The molecule has 0 aliphatic heterocycles. The number of nitrogens with zero attached hydrogens (tertiary/aromatic N) is 2. The maximum absolute atomic E-state index is 12.7. The molecular weight excluding hydrogens is 348 g/mol. The number of aromatic nitrogens is 1. The molecule has 2 aromatic carbocycles. The van der Waals surface area contributed by atoms with E-state index < -0.39 is 0 Å². The first kappa shape index (κ1) is 19.3. The molecule has 0 aliphatic carbocycles. The van der Waals surface area contributed by atoms with Crippen molar-refractivity contribution in [2.24, 2.45) is 4.99 Å². The van der Waals surface area contributed by atoms with Gasteiger partial charge in [0.25, 0.3) is 5.91 Å². The summed E-state index contributed by atoms with van der Waals surface area (Å²) in [4.78, 5) is 21.4. The summed E-state index contributed by atoms with van der Waals surface area (Å²) in [6.45, 7) is 6.45. The maximum atomic E-state index is 12.7. The van der Waals surface area contributed by atoms with Crippen molar-refractivity contribution in [1.29, 1.82) is 0 Å². The Kier molecular flexibility index (Phi) is 6.17. The van der Waals surface area contributed by atoms with Crippen molar-refractivity contribution < 1.29 is 4.79 Å². The molecule has 28 heavy (non-hydrogen) atoms. The van der Waals surface area contributed by atoms with E-state index in [1.165, 1.54) is 0 Å². The van der Waals surface area contributed by atoms with Crippen molar-refractivity contribution >= 4 is 17.6 Å². The Bertz CT molecular complexity index is 996. The second-order valence-electron chi connectivity index (χ2n) is 6.77. The monoisotopic (exact) mass is 372 g/mol. The lowest BCUT2D eigenvalue weighted by Crippen LogP contribution is -2.36. The van der Waals surface area contributed by atoms with E-state index in [0.717, 1.165) is 27.9 Å². The summed E-state index contributed by atoms with van der Waals surface area (Å²) in [6, 6.07) is 17.4. The van der Waals surface area contributed by atoms with Crippen molar-refractivity contribution in [2.75, 3.05) is 5.32 Å². The number of rotatable bonds is 4. The van der Waals surface area contributed by atoms with Gasteiger partial charge in [0.05, 0.1) is 6.54 Å². The van der Waals surface area contributed by atoms with Gasteiger partial charge in [0.1, 0.15) is 0 Å². The molecule has 0 spiro atoms. The van der Waals surface area contributed by atoms with Gasteiger partial charge in [-0.3, -0.25) is 15.1 Å². The van der Waals surface area contributed by atoms with E-state index in [9.17, 15) is 4.79 Å². The Morgan fingerprint density at radius 2 is 1.86 bits per heavy atom.